The largest absolute Gasteiger partial charge is 0.367 e. The van der Waals surface area contributed by atoms with E-state index in [-0.39, 0.29) is 17.3 Å². The van der Waals surface area contributed by atoms with Crippen molar-refractivity contribution in [3.05, 3.63) is 52.2 Å². The number of benzene rings is 1. The van der Waals surface area contributed by atoms with Crippen molar-refractivity contribution in [3.8, 4) is 0 Å². The number of H-pyrrole nitrogens is 2. The number of hydrogen-bond acceptors (Lipinski definition) is 4. The lowest BCUT2D eigenvalue weighted by Gasteiger charge is -2.43. The number of aromatic amines is 2. The quantitative estimate of drug-likeness (QED) is 0.850. The number of nitrogens with one attached hydrogen (secondary N) is 2. The molecule has 2 fully saturated rings. The first-order valence-corrected chi connectivity index (χ1v) is 9.42. The Kier molecular flexibility index (Phi) is 4.98. The smallest absolute Gasteiger partial charge is 0.271 e. The van der Waals surface area contributed by atoms with Gasteiger partial charge < -0.3 is 9.80 Å². The van der Waals surface area contributed by atoms with Crippen LogP contribution >= 0.6 is 0 Å². The Hall–Kier alpha value is -2.61. The average molecular weight is 373 g/mol. The highest BCUT2D eigenvalue weighted by molar-refractivity contribution is 5.92. The molecule has 2 saturated heterocycles. The highest BCUT2D eigenvalue weighted by Crippen LogP contribution is 2.23. The van der Waals surface area contributed by atoms with Crippen LogP contribution in [0, 0.1) is 5.82 Å². The number of nitrogens with zero attached hydrogens (tertiary/aromatic N) is 3. The van der Waals surface area contributed by atoms with Crippen LogP contribution in [-0.2, 0) is 0 Å². The summed E-state index contributed by atoms with van der Waals surface area (Å²) < 4.78 is 14.0. The molecule has 144 valence electrons. The fraction of sp³-hybridized carbons (Fsp3) is 0.474. The molecule has 7 nitrogen and oxygen atoms in total. The summed E-state index contributed by atoms with van der Waals surface area (Å²) in [6.45, 7) is 4.61. The second-order valence-corrected chi connectivity index (χ2v) is 7.19. The summed E-state index contributed by atoms with van der Waals surface area (Å²) in [5.74, 6) is -0.316. The molecule has 27 heavy (non-hydrogen) atoms. The molecule has 1 atom stereocenters. The van der Waals surface area contributed by atoms with Crippen LogP contribution in [0.25, 0.3) is 0 Å². The van der Waals surface area contributed by atoms with Crippen LogP contribution in [0.3, 0.4) is 0 Å². The Morgan fingerprint density at radius 3 is 2.56 bits per heavy atom. The van der Waals surface area contributed by atoms with Gasteiger partial charge in [0, 0.05) is 51.4 Å². The first kappa shape index (κ1) is 17.8. The molecule has 4 rings (SSSR count). The summed E-state index contributed by atoms with van der Waals surface area (Å²) in [4.78, 5) is 30.1. The van der Waals surface area contributed by atoms with Gasteiger partial charge in [-0.3, -0.25) is 24.7 Å². The van der Waals surface area contributed by atoms with E-state index in [9.17, 15) is 14.0 Å². The van der Waals surface area contributed by atoms with Gasteiger partial charge >= 0.3 is 0 Å². The number of para-hydroxylation sites is 1. The minimum absolute atomic E-state index is 0.136. The Morgan fingerprint density at radius 2 is 1.85 bits per heavy atom. The van der Waals surface area contributed by atoms with Crippen LogP contribution in [-0.4, -0.2) is 71.2 Å². The van der Waals surface area contributed by atoms with Gasteiger partial charge in [-0.15, -0.1) is 0 Å². The van der Waals surface area contributed by atoms with E-state index >= 15 is 0 Å². The molecule has 1 aromatic carbocycles. The molecular weight excluding hydrogens is 349 g/mol. The minimum atomic E-state index is -0.295. The number of anilines is 1. The average Bonchev–Trinajstić information content (AvgIpc) is 3.14. The van der Waals surface area contributed by atoms with E-state index in [1.807, 2.05) is 17.0 Å². The highest BCUT2D eigenvalue weighted by Gasteiger charge is 2.31. The number of rotatable bonds is 3. The van der Waals surface area contributed by atoms with E-state index in [4.69, 9.17) is 0 Å². The minimum Gasteiger partial charge on any atom is -0.367 e. The molecule has 0 unspecified atom stereocenters. The van der Waals surface area contributed by atoms with Gasteiger partial charge in [0.15, 0.2) is 0 Å². The standard InChI is InChI=1S/C19H24FN5O2/c20-15-5-1-2-6-17(15)24-10-8-23(9-11-24)14-4-3-7-25(13-14)19(27)16-12-18(26)22-21-16/h1-2,5-6,12,14H,3-4,7-11,13H2,(H2,21,22,26)/t14-/m1/s1. The van der Waals surface area contributed by atoms with E-state index in [2.05, 4.69) is 20.0 Å². The lowest BCUT2D eigenvalue weighted by atomic mass is 10.0. The van der Waals surface area contributed by atoms with E-state index in [1.54, 1.807) is 6.07 Å². The molecular formula is C19H24FN5O2. The monoisotopic (exact) mass is 373 g/mol. The first-order valence-electron chi connectivity index (χ1n) is 9.42. The van der Waals surface area contributed by atoms with E-state index in [0.717, 1.165) is 39.0 Å². The number of hydrogen-bond donors (Lipinski definition) is 2. The van der Waals surface area contributed by atoms with Gasteiger partial charge in [-0.1, -0.05) is 12.1 Å². The van der Waals surface area contributed by atoms with Gasteiger partial charge in [-0.25, -0.2) is 4.39 Å². The predicted octanol–water partition coefficient (Wildman–Crippen LogP) is 1.27. The molecule has 0 aliphatic carbocycles. The molecule has 1 amide bonds. The van der Waals surface area contributed by atoms with Crippen LogP contribution in [0.5, 0.6) is 0 Å². The number of halogens is 1. The Labute approximate surface area is 156 Å². The molecule has 0 bridgehead atoms. The van der Waals surface area contributed by atoms with Gasteiger partial charge in [0.1, 0.15) is 11.5 Å². The van der Waals surface area contributed by atoms with Crippen molar-refractivity contribution in [1.82, 2.24) is 20.0 Å². The second kappa shape index (κ2) is 7.56. The van der Waals surface area contributed by atoms with Crippen LogP contribution < -0.4 is 10.5 Å². The van der Waals surface area contributed by atoms with Crippen molar-refractivity contribution in [3.63, 3.8) is 0 Å². The zero-order chi connectivity index (χ0) is 18.8. The summed E-state index contributed by atoms with van der Waals surface area (Å²) in [7, 11) is 0. The number of aromatic nitrogens is 2. The Bertz CT molecular complexity index is 856. The van der Waals surface area contributed by atoms with Crippen molar-refractivity contribution in [2.45, 2.75) is 18.9 Å². The highest BCUT2D eigenvalue weighted by atomic mass is 19.1. The van der Waals surface area contributed by atoms with E-state index in [1.165, 1.54) is 12.1 Å². The number of amides is 1. The molecule has 2 aliphatic rings. The fourth-order valence-corrected chi connectivity index (χ4v) is 4.09. The normalized spacial score (nSPS) is 21.4. The SMILES string of the molecule is O=C(c1cc(=O)[nH][nH]1)N1CCC[C@@H](N2CCN(c3ccccc3F)CC2)C1. The zero-order valence-electron chi connectivity index (χ0n) is 15.2. The molecule has 1 aromatic heterocycles. The van der Waals surface area contributed by atoms with Crippen LogP contribution in [0.15, 0.2) is 35.1 Å². The van der Waals surface area contributed by atoms with Gasteiger partial charge in [-0.05, 0) is 25.0 Å². The van der Waals surface area contributed by atoms with Crippen molar-refractivity contribution in [1.29, 1.82) is 0 Å². The third kappa shape index (κ3) is 3.75. The second-order valence-electron chi connectivity index (χ2n) is 7.19. The maximum absolute atomic E-state index is 14.0. The third-order valence-electron chi connectivity index (χ3n) is 5.53. The number of carbonyl (C=O) groups excluding carboxylic acids is 1. The van der Waals surface area contributed by atoms with Crippen molar-refractivity contribution in [2.24, 2.45) is 0 Å². The zero-order valence-corrected chi connectivity index (χ0v) is 15.2. The summed E-state index contributed by atoms with van der Waals surface area (Å²) in [6.07, 6.45) is 1.99. The summed E-state index contributed by atoms with van der Waals surface area (Å²) in [5, 5.41) is 5.06. The van der Waals surface area contributed by atoms with Gasteiger partial charge in [0.2, 0.25) is 0 Å². The molecule has 2 N–H and O–H groups in total. The van der Waals surface area contributed by atoms with Crippen LogP contribution in [0.2, 0.25) is 0 Å². The van der Waals surface area contributed by atoms with E-state index < -0.39 is 0 Å². The maximum atomic E-state index is 14.0. The molecule has 0 radical (unpaired) electrons. The van der Waals surface area contributed by atoms with E-state index in [0.29, 0.717) is 30.5 Å². The molecule has 2 aromatic rings. The first-order chi connectivity index (χ1) is 13.1. The van der Waals surface area contributed by atoms with Crippen LogP contribution in [0.4, 0.5) is 10.1 Å². The van der Waals surface area contributed by atoms with Gasteiger partial charge in [-0.2, -0.15) is 0 Å². The fourth-order valence-electron chi connectivity index (χ4n) is 4.09. The van der Waals surface area contributed by atoms with Gasteiger partial charge in [0.05, 0.1) is 5.69 Å². The lowest BCUT2D eigenvalue weighted by molar-refractivity contribution is 0.0558. The molecule has 2 aliphatic heterocycles. The number of piperazine rings is 1. The molecule has 8 heteroatoms. The third-order valence-corrected chi connectivity index (χ3v) is 5.53. The van der Waals surface area contributed by atoms with Gasteiger partial charge in [0.25, 0.3) is 11.5 Å². The lowest BCUT2D eigenvalue weighted by Crippen LogP contribution is -2.56. The van der Waals surface area contributed by atoms with Crippen molar-refractivity contribution < 1.29 is 9.18 Å². The molecule has 3 heterocycles. The maximum Gasteiger partial charge on any atom is 0.271 e. The number of likely N-dealkylation sites (tertiary alicyclic amines) is 1. The Morgan fingerprint density at radius 1 is 1.07 bits per heavy atom. The summed E-state index contributed by atoms with van der Waals surface area (Å²) >= 11 is 0. The van der Waals surface area contributed by atoms with Crippen LogP contribution in [0.1, 0.15) is 23.3 Å². The number of carbonyl (C=O) groups is 1. The number of piperidine rings is 1. The molecule has 0 spiro atoms. The summed E-state index contributed by atoms with van der Waals surface area (Å²) in [5.41, 5.74) is 0.676. The predicted molar refractivity (Wildman–Crippen MR) is 101 cm³/mol. The molecule has 0 saturated carbocycles. The van der Waals surface area contributed by atoms with Crippen molar-refractivity contribution in [2.75, 3.05) is 44.2 Å². The summed E-state index contributed by atoms with van der Waals surface area (Å²) in [6, 6.07) is 8.50. The Balaban J connectivity index is 1.36. The topological polar surface area (TPSA) is 75.4 Å². The van der Waals surface area contributed by atoms with Crippen molar-refractivity contribution >= 4 is 11.6 Å².